The molecule has 3 heteroatoms. The van der Waals surface area contributed by atoms with Crippen LogP contribution in [0.1, 0.15) is 18.0 Å². The monoisotopic (exact) mass is 289 g/mol. The molecule has 0 amide bonds. The Hall–Kier alpha value is -1.22. The second-order valence-corrected chi connectivity index (χ2v) is 5.04. The van der Waals surface area contributed by atoms with Crippen molar-refractivity contribution in [2.45, 2.75) is 12.3 Å². The molecule has 86 valence electrons. The van der Waals surface area contributed by atoms with E-state index in [0.717, 1.165) is 23.0 Å². The van der Waals surface area contributed by atoms with Crippen molar-refractivity contribution in [1.29, 1.82) is 0 Å². The molecule has 0 unspecified atom stereocenters. The Morgan fingerprint density at radius 2 is 2.12 bits per heavy atom. The fourth-order valence-corrected chi connectivity index (χ4v) is 2.68. The minimum absolute atomic E-state index is 0.183. The van der Waals surface area contributed by atoms with Crippen LogP contribution in [0.3, 0.4) is 0 Å². The van der Waals surface area contributed by atoms with Crippen LogP contribution in [-0.2, 0) is 4.79 Å². The van der Waals surface area contributed by atoms with Gasteiger partial charge in [-0.15, -0.1) is 0 Å². The molecule has 17 heavy (non-hydrogen) atoms. The minimum Gasteiger partial charge on any atom is -0.298 e. The number of benzene rings is 1. The number of rotatable bonds is 3. The summed E-state index contributed by atoms with van der Waals surface area (Å²) in [6.07, 6.45) is 0.954. The highest BCUT2D eigenvalue weighted by atomic mass is 79.9. The number of nitrogens with zero attached hydrogens (tertiary/aromatic N) is 1. The van der Waals surface area contributed by atoms with Crippen LogP contribution in [-0.4, -0.2) is 16.1 Å². The van der Waals surface area contributed by atoms with Gasteiger partial charge in [-0.25, -0.2) is 0 Å². The van der Waals surface area contributed by atoms with E-state index in [1.54, 1.807) is 0 Å². The van der Waals surface area contributed by atoms with Crippen LogP contribution in [0.25, 0.3) is 10.9 Å². The summed E-state index contributed by atoms with van der Waals surface area (Å²) in [5.74, 6) is 0.817. The molecule has 2 aromatic rings. The number of alkyl halides is 1. The number of aromatic nitrogens is 1. The summed E-state index contributed by atoms with van der Waals surface area (Å²) in [4.78, 5) is 16.2. The lowest BCUT2D eigenvalue weighted by Crippen LogP contribution is -2.03. The predicted octanol–water partition coefficient (Wildman–Crippen LogP) is 3.30. The highest BCUT2D eigenvalue weighted by Crippen LogP contribution is 2.47. The first-order chi connectivity index (χ1) is 8.29. The third-order valence-electron chi connectivity index (χ3n) is 3.34. The maximum atomic E-state index is 11.5. The van der Waals surface area contributed by atoms with Gasteiger partial charge in [-0.2, -0.15) is 0 Å². The summed E-state index contributed by atoms with van der Waals surface area (Å²) in [7, 11) is 0. The number of halogens is 1. The van der Waals surface area contributed by atoms with Gasteiger partial charge in [-0.05, 0) is 18.6 Å². The van der Waals surface area contributed by atoms with Crippen molar-refractivity contribution in [3.63, 3.8) is 0 Å². The first-order valence-corrected chi connectivity index (χ1v) is 6.86. The molecule has 3 rings (SSSR count). The first kappa shape index (κ1) is 10.9. The molecule has 1 fully saturated rings. The van der Waals surface area contributed by atoms with Gasteiger partial charge in [0.05, 0.1) is 10.8 Å². The lowest BCUT2D eigenvalue weighted by atomic mass is 10.1. The van der Waals surface area contributed by atoms with Crippen LogP contribution in [0, 0.1) is 5.92 Å². The number of Topliss-reactive ketones (excluding diaryl/α,β-unsaturated/α-hetero) is 1. The summed E-state index contributed by atoms with van der Waals surface area (Å²) in [6, 6.07) is 12.2. The lowest BCUT2D eigenvalue weighted by molar-refractivity contribution is -0.117. The van der Waals surface area contributed by atoms with Crippen LogP contribution < -0.4 is 0 Å². The molecule has 0 saturated heterocycles. The Kier molecular flexibility index (Phi) is 2.71. The number of pyridine rings is 1. The SMILES string of the molecule is O=C(CBr)[C@@H]1C[C@@H]1c1ccc2ccccc2n1. The van der Waals surface area contributed by atoms with E-state index in [2.05, 4.69) is 39.1 Å². The molecule has 0 radical (unpaired) electrons. The van der Waals surface area contributed by atoms with Gasteiger partial charge in [0.1, 0.15) is 5.78 Å². The number of hydrogen-bond acceptors (Lipinski definition) is 2. The van der Waals surface area contributed by atoms with Crippen LogP contribution in [0.2, 0.25) is 0 Å². The molecule has 0 spiro atoms. The largest absolute Gasteiger partial charge is 0.298 e. The highest BCUT2D eigenvalue weighted by Gasteiger charge is 2.43. The van der Waals surface area contributed by atoms with E-state index in [0.29, 0.717) is 17.0 Å². The van der Waals surface area contributed by atoms with Gasteiger partial charge in [0, 0.05) is 22.9 Å². The summed E-state index contributed by atoms with van der Waals surface area (Å²) in [5.41, 5.74) is 2.07. The zero-order valence-corrected chi connectivity index (χ0v) is 10.9. The molecule has 1 saturated carbocycles. The van der Waals surface area contributed by atoms with E-state index in [1.807, 2.05) is 18.2 Å². The lowest BCUT2D eigenvalue weighted by Gasteiger charge is -2.01. The number of ketones is 1. The standard InChI is InChI=1S/C14H12BrNO/c15-8-14(17)11-7-10(11)13-6-5-9-3-1-2-4-12(9)16-13/h1-6,10-11H,7-8H2/t10-,11+/m0/s1. The Bertz CT molecular complexity index is 581. The molecule has 1 aromatic carbocycles. The fraction of sp³-hybridized carbons (Fsp3) is 0.286. The molecular weight excluding hydrogens is 278 g/mol. The van der Waals surface area contributed by atoms with E-state index in [1.165, 1.54) is 0 Å². The molecule has 2 nitrogen and oxygen atoms in total. The molecular formula is C14H12BrNO. The van der Waals surface area contributed by atoms with Gasteiger partial charge >= 0.3 is 0 Å². The topological polar surface area (TPSA) is 30.0 Å². The Morgan fingerprint density at radius 1 is 1.29 bits per heavy atom. The second kappa shape index (κ2) is 4.22. The fourth-order valence-electron chi connectivity index (χ4n) is 2.27. The number of carbonyl (C=O) groups is 1. The van der Waals surface area contributed by atoms with E-state index in [4.69, 9.17) is 0 Å². The molecule has 2 atom stereocenters. The minimum atomic E-state index is 0.183. The Morgan fingerprint density at radius 3 is 2.94 bits per heavy atom. The first-order valence-electron chi connectivity index (χ1n) is 5.74. The smallest absolute Gasteiger partial charge is 0.147 e. The van der Waals surface area contributed by atoms with Crippen molar-refractivity contribution >= 4 is 32.6 Å². The normalized spacial score (nSPS) is 22.6. The Labute approximate surface area is 108 Å². The number of fused-ring (bicyclic) bond motifs is 1. The predicted molar refractivity (Wildman–Crippen MR) is 71.4 cm³/mol. The molecule has 1 aliphatic carbocycles. The number of carbonyl (C=O) groups excluding carboxylic acids is 1. The van der Waals surface area contributed by atoms with E-state index >= 15 is 0 Å². The van der Waals surface area contributed by atoms with Gasteiger partial charge in [0.15, 0.2) is 0 Å². The zero-order chi connectivity index (χ0) is 11.8. The molecule has 1 aliphatic rings. The van der Waals surface area contributed by atoms with Crippen molar-refractivity contribution in [3.05, 3.63) is 42.1 Å². The summed E-state index contributed by atoms with van der Waals surface area (Å²) in [5, 5.41) is 1.61. The van der Waals surface area contributed by atoms with E-state index in [9.17, 15) is 4.79 Å². The van der Waals surface area contributed by atoms with Gasteiger partial charge in [-0.1, -0.05) is 40.2 Å². The summed E-state index contributed by atoms with van der Waals surface area (Å²) >= 11 is 3.23. The van der Waals surface area contributed by atoms with Gasteiger partial charge in [-0.3, -0.25) is 9.78 Å². The average molecular weight is 290 g/mol. The van der Waals surface area contributed by atoms with Crippen LogP contribution >= 0.6 is 15.9 Å². The number of para-hydroxylation sites is 1. The number of hydrogen-bond donors (Lipinski definition) is 0. The van der Waals surface area contributed by atoms with Gasteiger partial charge in [0.2, 0.25) is 0 Å². The van der Waals surface area contributed by atoms with Gasteiger partial charge in [0.25, 0.3) is 0 Å². The average Bonchev–Trinajstić information content (AvgIpc) is 3.17. The molecule has 0 bridgehead atoms. The molecule has 1 aromatic heterocycles. The summed E-state index contributed by atoms with van der Waals surface area (Å²) in [6.45, 7) is 0. The summed E-state index contributed by atoms with van der Waals surface area (Å²) < 4.78 is 0. The van der Waals surface area contributed by atoms with Gasteiger partial charge < -0.3 is 0 Å². The van der Waals surface area contributed by atoms with E-state index < -0.39 is 0 Å². The zero-order valence-electron chi connectivity index (χ0n) is 9.27. The highest BCUT2D eigenvalue weighted by molar-refractivity contribution is 9.09. The third-order valence-corrected chi connectivity index (χ3v) is 3.89. The van der Waals surface area contributed by atoms with Crippen molar-refractivity contribution in [2.75, 3.05) is 5.33 Å². The third kappa shape index (κ3) is 2.00. The van der Waals surface area contributed by atoms with Crippen molar-refractivity contribution in [2.24, 2.45) is 5.92 Å². The van der Waals surface area contributed by atoms with Crippen LogP contribution in [0.4, 0.5) is 0 Å². The van der Waals surface area contributed by atoms with Crippen molar-refractivity contribution in [1.82, 2.24) is 4.98 Å². The van der Waals surface area contributed by atoms with Crippen molar-refractivity contribution < 1.29 is 4.79 Å². The van der Waals surface area contributed by atoms with E-state index in [-0.39, 0.29) is 5.92 Å². The molecule has 0 aliphatic heterocycles. The quantitative estimate of drug-likeness (QED) is 0.812. The maximum absolute atomic E-state index is 11.5. The maximum Gasteiger partial charge on any atom is 0.147 e. The van der Waals surface area contributed by atoms with Crippen LogP contribution in [0.15, 0.2) is 36.4 Å². The Balaban J connectivity index is 1.90. The van der Waals surface area contributed by atoms with Crippen molar-refractivity contribution in [3.8, 4) is 0 Å². The molecule has 0 N–H and O–H groups in total. The second-order valence-electron chi connectivity index (χ2n) is 4.48. The molecule has 1 heterocycles. The van der Waals surface area contributed by atoms with Crippen LogP contribution in [0.5, 0.6) is 0 Å².